The third kappa shape index (κ3) is 3.95. The number of amides is 1. The molecule has 8 heteroatoms. The van der Waals surface area contributed by atoms with Gasteiger partial charge in [0.25, 0.3) is 0 Å². The van der Waals surface area contributed by atoms with Gasteiger partial charge in [-0.25, -0.2) is 9.59 Å². The Morgan fingerprint density at radius 1 is 1.26 bits per heavy atom. The van der Waals surface area contributed by atoms with Gasteiger partial charge in [-0.3, -0.25) is 4.79 Å². The number of rotatable bonds is 4. The van der Waals surface area contributed by atoms with E-state index < -0.39 is 11.9 Å². The van der Waals surface area contributed by atoms with E-state index >= 15 is 0 Å². The fraction of sp³-hybridized carbons (Fsp3) is 0.467. The molecule has 0 fully saturated rings. The Labute approximate surface area is 137 Å². The predicted octanol–water partition coefficient (Wildman–Crippen LogP) is 2.49. The SMILES string of the molecule is CCOC(=O)c1c(NC(C)=O)sc2c1CCC/C2=N\OC(C)=O. The van der Waals surface area contributed by atoms with Crippen molar-refractivity contribution in [2.45, 2.75) is 40.0 Å². The largest absolute Gasteiger partial charge is 0.462 e. The van der Waals surface area contributed by atoms with Crippen LogP contribution in [0.4, 0.5) is 5.00 Å². The summed E-state index contributed by atoms with van der Waals surface area (Å²) >= 11 is 1.25. The Bertz CT molecular complexity index is 678. The summed E-state index contributed by atoms with van der Waals surface area (Å²) < 4.78 is 5.10. The van der Waals surface area contributed by atoms with Crippen LogP contribution in [0.5, 0.6) is 0 Å². The normalized spacial score (nSPS) is 15.0. The zero-order valence-electron chi connectivity index (χ0n) is 13.2. The number of anilines is 1. The minimum absolute atomic E-state index is 0.247. The number of oxime groups is 1. The average molecular weight is 338 g/mol. The second-order valence-corrected chi connectivity index (χ2v) is 6.01. The molecule has 1 aliphatic carbocycles. The van der Waals surface area contributed by atoms with Gasteiger partial charge in [-0.2, -0.15) is 0 Å². The molecule has 1 aliphatic rings. The van der Waals surface area contributed by atoms with Crippen LogP contribution in [0.1, 0.15) is 54.4 Å². The lowest BCUT2D eigenvalue weighted by Crippen LogP contribution is -2.15. The molecule has 0 radical (unpaired) electrons. The van der Waals surface area contributed by atoms with Crippen LogP contribution in [-0.4, -0.2) is 30.2 Å². The minimum atomic E-state index is -0.506. The first-order valence-corrected chi connectivity index (χ1v) is 8.10. The van der Waals surface area contributed by atoms with Crippen LogP contribution < -0.4 is 5.32 Å². The Hall–Kier alpha value is -2.22. The first-order valence-electron chi connectivity index (χ1n) is 7.29. The Morgan fingerprint density at radius 3 is 2.61 bits per heavy atom. The molecule has 1 heterocycles. The monoisotopic (exact) mass is 338 g/mol. The molecule has 0 unspecified atom stereocenters. The highest BCUT2D eigenvalue weighted by Crippen LogP contribution is 2.39. The van der Waals surface area contributed by atoms with Crippen LogP contribution >= 0.6 is 11.3 Å². The van der Waals surface area contributed by atoms with Gasteiger partial charge in [0, 0.05) is 13.8 Å². The number of nitrogens with one attached hydrogen (secondary N) is 1. The van der Waals surface area contributed by atoms with E-state index in [4.69, 9.17) is 9.57 Å². The number of hydrogen-bond donors (Lipinski definition) is 1. The summed E-state index contributed by atoms with van der Waals surface area (Å²) in [5.41, 5.74) is 1.76. The maximum absolute atomic E-state index is 12.3. The summed E-state index contributed by atoms with van der Waals surface area (Å²) in [5.74, 6) is -1.25. The molecule has 0 saturated heterocycles. The highest BCUT2D eigenvalue weighted by atomic mass is 32.1. The molecule has 124 valence electrons. The topological polar surface area (TPSA) is 94.1 Å². The van der Waals surface area contributed by atoms with Gasteiger partial charge in [0.1, 0.15) is 5.00 Å². The number of carbonyl (C=O) groups excluding carboxylic acids is 3. The summed E-state index contributed by atoms with van der Waals surface area (Å²) in [6, 6.07) is 0. The van der Waals surface area contributed by atoms with Crippen molar-refractivity contribution in [2.24, 2.45) is 5.16 Å². The van der Waals surface area contributed by atoms with Crippen molar-refractivity contribution < 1.29 is 24.0 Å². The van der Waals surface area contributed by atoms with Crippen LogP contribution in [0.2, 0.25) is 0 Å². The third-order valence-electron chi connectivity index (χ3n) is 3.16. The first-order chi connectivity index (χ1) is 10.9. The number of ether oxygens (including phenoxy) is 1. The van der Waals surface area contributed by atoms with Crippen molar-refractivity contribution in [1.29, 1.82) is 0 Å². The molecular formula is C15H18N2O5S. The molecule has 0 spiro atoms. The van der Waals surface area contributed by atoms with Gasteiger partial charge < -0.3 is 14.9 Å². The van der Waals surface area contributed by atoms with Crippen molar-refractivity contribution in [2.75, 3.05) is 11.9 Å². The summed E-state index contributed by atoms with van der Waals surface area (Å²) in [4.78, 5) is 40.1. The molecule has 0 aliphatic heterocycles. The van der Waals surface area contributed by atoms with Gasteiger partial charge in [0.05, 0.1) is 22.8 Å². The van der Waals surface area contributed by atoms with E-state index in [-0.39, 0.29) is 12.5 Å². The number of esters is 1. The summed E-state index contributed by atoms with van der Waals surface area (Å²) in [6.45, 7) is 4.62. The summed E-state index contributed by atoms with van der Waals surface area (Å²) in [6.07, 6.45) is 2.09. The van der Waals surface area contributed by atoms with Crippen LogP contribution in [0.25, 0.3) is 0 Å². The quantitative estimate of drug-likeness (QED) is 0.517. The van der Waals surface area contributed by atoms with Crippen LogP contribution in [-0.2, 0) is 25.6 Å². The fourth-order valence-electron chi connectivity index (χ4n) is 2.36. The first kappa shape index (κ1) is 17.1. The molecule has 0 aromatic carbocycles. The molecular weight excluding hydrogens is 320 g/mol. The summed E-state index contributed by atoms with van der Waals surface area (Å²) in [7, 11) is 0. The molecule has 0 saturated carbocycles. The molecule has 0 bridgehead atoms. The smallest absolute Gasteiger partial charge is 0.341 e. The molecule has 23 heavy (non-hydrogen) atoms. The Balaban J connectivity index is 2.49. The van der Waals surface area contributed by atoms with Crippen LogP contribution in [0, 0.1) is 0 Å². The lowest BCUT2D eigenvalue weighted by molar-refractivity contribution is -0.140. The molecule has 2 rings (SSSR count). The van der Waals surface area contributed by atoms with Gasteiger partial charge in [-0.1, -0.05) is 5.16 Å². The van der Waals surface area contributed by atoms with E-state index in [1.807, 2.05) is 0 Å². The van der Waals surface area contributed by atoms with Gasteiger partial charge in [0.15, 0.2) is 0 Å². The van der Waals surface area contributed by atoms with Gasteiger partial charge in [-0.05, 0) is 31.7 Å². The van der Waals surface area contributed by atoms with Crippen molar-refractivity contribution in [3.8, 4) is 0 Å². The standard InChI is InChI=1S/C15H18N2O5S/c1-4-21-15(20)12-10-6-5-7-11(17-22-9(3)19)13(10)23-14(12)16-8(2)18/h4-7H2,1-3H3,(H,16,18)/b17-11+. The van der Waals surface area contributed by atoms with Crippen LogP contribution in [0.3, 0.4) is 0 Å². The lowest BCUT2D eigenvalue weighted by Gasteiger charge is -2.14. The number of fused-ring (bicyclic) bond motifs is 1. The zero-order valence-corrected chi connectivity index (χ0v) is 14.0. The Kier molecular flexibility index (Phi) is 5.49. The molecule has 7 nitrogen and oxygen atoms in total. The van der Waals surface area contributed by atoms with E-state index in [1.54, 1.807) is 6.92 Å². The van der Waals surface area contributed by atoms with Crippen molar-refractivity contribution in [3.63, 3.8) is 0 Å². The second-order valence-electron chi connectivity index (χ2n) is 4.99. The molecule has 1 aromatic heterocycles. The fourth-order valence-corrected chi connectivity index (χ4v) is 3.65. The van der Waals surface area contributed by atoms with Crippen molar-refractivity contribution >= 4 is 39.9 Å². The second kappa shape index (κ2) is 7.36. The number of thiophene rings is 1. The van der Waals surface area contributed by atoms with Crippen molar-refractivity contribution in [3.05, 3.63) is 16.0 Å². The highest BCUT2D eigenvalue weighted by molar-refractivity contribution is 7.19. The third-order valence-corrected chi connectivity index (χ3v) is 4.36. The zero-order chi connectivity index (χ0) is 17.0. The maximum Gasteiger partial charge on any atom is 0.341 e. The number of carbonyl (C=O) groups is 3. The van der Waals surface area contributed by atoms with E-state index in [9.17, 15) is 14.4 Å². The average Bonchev–Trinajstić information content (AvgIpc) is 2.82. The highest BCUT2D eigenvalue weighted by Gasteiger charge is 2.30. The van der Waals surface area contributed by atoms with Crippen LogP contribution in [0.15, 0.2) is 5.16 Å². The Morgan fingerprint density at radius 2 is 2.00 bits per heavy atom. The maximum atomic E-state index is 12.3. The molecule has 1 N–H and O–H groups in total. The molecule has 1 amide bonds. The van der Waals surface area contributed by atoms with Crippen molar-refractivity contribution in [1.82, 2.24) is 0 Å². The molecule has 1 aromatic rings. The van der Waals surface area contributed by atoms with E-state index in [0.717, 1.165) is 16.9 Å². The minimum Gasteiger partial charge on any atom is -0.462 e. The number of nitrogens with zero attached hydrogens (tertiary/aromatic N) is 1. The van der Waals surface area contributed by atoms with E-state index in [2.05, 4.69) is 10.5 Å². The van der Waals surface area contributed by atoms with E-state index in [1.165, 1.54) is 25.2 Å². The van der Waals surface area contributed by atoms with Gasteiger partial charge in [0.2, 0.25) is 5.91 Å². The lowest BCUT2D eigenvalue weighted by atomic mass is 9.94. The van der Waals surface area contributed by atoms with Gasteiger partial charge in [-0.15, -0.1) is 11.3 Å². The number of hydrogen-bond acceptors (Lipinski definition) is 7. The summed E-state index contributed by atoms with van der Waals surface area (Å²) in [5, 5.41) is 6.99. The molecule has 0 atom stereocenters. The predicted molar refractivity (Wildman–Crippen MR) is 85.8 cm³/mol. The van der Waals surface area contributed by atoms with Gasteiger partial charge >= 0.3 is 11.9 Å². The van der Waals surface area contributed by atoms with E-state index in [0.29, 0.717) is 29.1 Å².